The lowest BCUT2D eigenvalue weighted by molar-refractivity contribution is -0.146. The van der Waals surface area contributed by atoms with Crippen LogP contribution in [0.1, 0.15) is 19.4 Å². The van der Waals surface area contributed by atoms with Crippen LogP contribution in [-0.4, -0.2) is 29.3 Å². The van der Waals surface area contributed by atoms with Gasteiger partial charge in [-0.3, -0.25) is 9.59 Å². The predicted molar refractivity (Wildman–Crippen MR) is 76.3 cm³/mol. The molecule has 0 atom stereocenters. The van der Waals surface area contributed by atoms with E-state index in [9.17, 15) is 9.59 Å². The Morgan fingerprint density at radius 2 is 1.95 bits per heavy atom. The van der Waals surface area contributed by atoms with Gasteiger partial charge >= 0.3 is 5.97 Å². The van der Waals surface area contributed by atoms with E-state index < -0.39 is 11.4 Å². The fourth-order valence-electron chi connectivity index (χ4n) is 1.31. The molecule has 4 nitrogen and oxygen atoms in total. The Labute approximate surface area is 117 Å². The van der Waals surface area contributed by atoms with Gasteiger partial charge in [-0.2, -0.15) is 0 Å². The number of benzene rings is 1. The molecule has 0 saturated heterocycles. The lowest BCUT2D eigenvalue weighted by Crippen LogP contribution is -2.39. The number of carboxylic acid groups (broad SMARTS) is 1. The summed E-state index contributed by atoms with van der Waals surface area (Å²) in [6.07, 6.45) is 0. The summed E-state index contributed by atoms with van der Waals surface area (Å²) in [4.78, 5) is 23.6. The van der Waals surface area contributed by atoms with E-state index in [0.717, 1.165) is 10.5 Å². The van der Waals surface area contributed by atoms with E-state index in [2.05, 4.69) is 5.32 Å². The normalized spacial score (nSPS) is 11.1. The second-order valence-corrected chi connectivity index (χ2v) is 6.04. The van der Waals surface area contributed by atoms with Crippen molar-refractivity contribution < 1.29 is 14.7 Å². The Morgan fingerprint density at radius 3 is 2.53 bits per heavy atom. The minimum Gasteiger partial charge on any atom is -0.481 e. The molecule has 0 bridgehead atoms. The molecule has 0 fully saturated rings. The summed E-state index contributed by atoms with van der Waals surface area (Å²) < 4.78 is 0. The van der Waals surface area contributed by atoms with Gasteiger partial charge in [0.1, 0.15) is 0 Å². The van der Waals surface area contributed by atoms with Crippen molar-refractivity contribution in [2.75, 3.05) is 12.3 Å². The lowest BCUT2D eigenvalue weighted by Gasteiger charge is -2.19. The van der Waals surface area contributed by atoms with Crippen molar-refractivity contribution in [2.45, 2.75) is 25.7 Å². The first-order chi connectivity index (χ1) is 8.83. The summed E-state index contributed by atoms with van der Waals surface area (Å²) in [6, 6.07) is 7.85. The minimum atomic E-state index is -0.941. The fourth-order valence-corrected chi connectivity index (χ4v) is 2.17. The van der Waals surface area contributed by atoms with Crippen LogP contribution >= 0.6 is 11.8 Å². The molecule has 104 valence electrons. The standard InChI is InChI=1S/C14H19NO3S/c1-10-6-4-5-7-11(10)19-8-12(16)15-9-14(2,3)13(17)18/h4-7H,8-9H2,1-3H3,(H,15,16)(H,17,18). The van der Waals surface area contributed by atoms with Crippen LogP contribution in [0.3, 0.4) is 0 Å². The van der Waals surface area contributed by atoms with Gasteiger partial charge in [0.05, 0.1) is 11.2 Å². The van der Waals surface area contributed by atoms with Crippen molar-refractivity contribution in [3.63, 3.8) is 0 Å². The zero-order chi connectivity index (χ0) is 14.5. The Hall–Kier alpha value is -1.49. The first-order valence-corrected chi connectivity index (χ1v) is 7.00. The number of rotatable bonds is 6. The molecule has 0 aromatic heterocycles. The Kier molecular flexibility index (Phi) is 5.42. The topological polar surface area (TPSA) is 66.4 Å². The molecule has 1 amide bonds. The zero-order valence-electron chi connectivity index (χ0n) is 11.4. The summed E-state index contributed by atoms with van der Waals surface area (Å²) in [5.41, 5.74) is 0.189. The predicted octanol–water partition coefficient (Wildman–Crippen LogP) is 2.31. The molecule has 0 spiro atoms. The Morgan fingerprint density at radius 1 is 1.32 bits per heavy atom. The highest BCUT2D eigenvalue weighted by molar-refractivity contribution is 8.00. The molecular weight excluding hydrogens is 262 g/mol. The number of nitrogens with one attached hydrogen (secondary N) is 1. The van der Waals surface area contributed by atoms with Crippen molar-refractivity contribution in [3.05, 3.63) is 29.8 Å². The van der Waals surface area contributed by atoms with Gasteiger partial charge in [-0.05, 0) is 32.4 Å². The van der Waals surface area contributed by atoms with Crippen LogP contribution in [0, 0.1) is 12.3 Å². The third-order valence-corrected chi connectivity index (χ3v) is 3.93. The number of carbonyl (C=O) groups excluding carboxylic acids is 1. The van der Waals surface area contributed by atoms with Crippen molar-refractivity contribution in [3.8, 4) is 0 Å². The molecular formula is C14H19NO3S. The van der Waals surface area contributed by atoms with E-state index in [0.29, 0.717) is 5.75 Å². The van der Waals surface area contributed by atoms with Gasteiger partial charge in [0, 0.05) is 11.4 Å². The second kappa shape index (κ2) is 6.61. The molecule has 2 N–H and O–H groups in total. The molecule has 0 aliphatic carbocycles. The number of amides is 1. The molecule has 0 saturated carbocycles. The number of carboxylic acids is 1. The van der Waals surface area contributed by atoms with Crippen molar-refractivity contribution in [1.82, 2.24) is 5.32 Å². The number of carbonyl (C=O) groups is 2. The molecule has 1 aromatic rings. The Balaban J connectivity index is 2.41. The van der Waals surface area contributed by atoms with Gasteiger partial charge in [-0.25, -0.2) is 0 Å². The molecule has 5 heteroatoms. The molecule has 1 aromatic carbocycles. The summed E-state index contributed by atoms with van der Waals surface area (Å²) in [5, 5.41) is 11.6. The average molecular weight is 281 g/mol. The maximum Gasteiger partial charge on any atom is 0.310 e. The van der Waals surface area contributed by atoms with Crippen LogP contribution in [0.25, 0.3) is 0 Å². The highest BCUT2D eigenvalue weighted by Gasteiger charge is 2.27. The van der Waals surface area contributed by atoms with Crippen LogP contribution in [0.2, 0.25) is 0 Å². The van der Waals surface area contributed by atoms with E-state index in [-0.39, 0.29) is 12.5 Å². The van der Waals surface area contributed by atoms with Gasteiger partial charge in [0.2, 0.25) is 5.91 Å². The molecule has 19 heavy (non-hydrogen) atoms. The van der Waals surface area contributed by atoms with E-state index >= 15 is 0 Å². The van der Waals surface area contributed by atoms with Crippen LogP contribution in [-0.2, 0) is 9.59 Å². The number of aryl methyl sites for hydroxylation is 1. The molecule has 0 aliphatic heterocycles. The molecule has 0 unspecified atom stereocenters. The van der Waals surface area contributed by atoms with Crippen LogP contribution in [0.5, 0.6) is 0 Å². The van der Waals surface area contributed by atoms with E-state index in [1.54, 1.807) is 13.8 Å². The largest absolute Gasteiger partial charge is 0.481 e. The maximum absolute atomic E-state index is 11.7. The summed E-state index contributed by atoms with van der Waals surface area (Å²) in [5.74, 6) is -0.775. The highest BCUT2D eigenvalue weighted by atomic mass is 32.2. The monoisotopic (exact) mass is 281 g/mol. The maximum atomic E-state index is 11.7. The number of aliphatic carboxylic acids is 1. The van der Waals surface area contributed by atoms with Crippen molar-refractivity contribution >= 4 is 23.6 Å². The molecule has 0 radical (unpaired) electrons. The number of hydrogen-bond acceptors (Lipinski definition) is 3. The minimum absolute atomic E-state index is 0.134. The van der Waals surface area contributed by atoms with Gasteiger partial charge in [0.25, 0.3) is 0 Å². The van der Waals surface area contributed by atoms with Crippen LogP contribution in [0.15, 0.2) is 29.2 Å². The summed E-state index contributed by atoms with van der Waals surface area (Å²) >= 11 is 1.45. The second-order valence-electron chi connectivity index (χ2n) is 5.02. The average Bonchev–Trinajstić information content (AvgIpc) is 2.35. The third-order valence-electron chi connectivity index (χ3n) is 2.76. The third kappa shape index (κ3) is 4.95. The fraction of sp³-hybridized carbons (Fsp3) is 0.429. The molecule has 1 rings (SSSR count). The van der Waals surface area contributed by atoms with E-state index in [4.69, 9.17) is 5.11 Å². The van der Waals surface area contributed by atoms with Crippen molar-refractivity contribution in [2.24, 2.45) is 5.41 Å². The van der Waals surface area contributed by atoms with Crippen molar-refractivity contribution in [1.29, 1.82) is 0 Å². The van der Waals surface area contributed by atoms with Crippen LogP contribution < -0.4 is 5.32 Å². The molecule has 0 heterocycles. The van der Waals surface area contributed by atoms with Gasteiger partial charge in [0.15, 0.2) is 0 Å². The SMILES string of the molecule is Cc1ccccc1SCC(=O)NCC(C)(C)C(=O)O. The van der Waals surface area contributed by atoms with E-state index in [1.165, 1.54) is 11.8 Å². The summed E-state index contributed by atoms with van der Waals surface area (Å²) in [7, 11) is 0. The first kappa shape index (κ1) is 15.6. The Bertz CT molecular complexity index is 472. The van der Waals surface area contributed by atoms with Gasteiger partial charge in [-0.15, -0.1) is 11.8 Å². The lowest BCUT2D eigenvalue weighted by atomic mass is 9.94. The molecule has 0 aliphatic rings. The van der Waals surface area contributed by atoms with Gasteiger partial charge in [-0.1, -0.05) is 18.2 Å². The number of hydrogen-bond donors (Lipinski definition) is 2. The quantitative estimate of drug-likeness (QED) is 0.785. The van der Waals surface area contributed by atoms with E-state index in [1.807, 2.05) is 31.2 Å². The smallest absolute Gasteiger partial charge is 0.310 e. The van der Waals surface area contributed by atoms with Crippen LogP contribution in [0.4, 0.5) is 0 Å². The number of thioether (sulfide) groups is 1. The van der Waals surface area contributed by atoms with Gasteiger partial charge < -0.3 is 10.4 Å². The zero-order valence-corrected chi connectivity index (χ0v) is 12.2. The summed E-state index contributed by atoms with van der Waals surface area (Å²) in [6.45, 7) is 5.30. The first-order valence-electron chi connectivity index (χ1n) is 6.01. The highest BCUT2D eigenvalue weighted by Crippen LogP contribution is 2.21.